The Kier molecular flexibility index (Phi) is 3.56. The molecule has 0 aliphatic heterocycles. The predicted octanol–water partition coefficient (Wildman–Crippen LogP) is 1.81. The number of nitrogens with zero attached hydrogens (tertiary/aromatic N) is 1. The quantitative estimate of drug-likeness (QED) is 0.872. The van der Waals surface area contributed by atoms with Crippen LogP contribution in [-0.2, 0) is 6.54 Å². The van der Waals surface area contributed by atoms with Gasteiger partial charge in [-0.1, -0.05) is 23.7 Å². The number of H-pyrrole nitrogens is 1. The first-order chi connectivity index (χ1) is 8.22. The van der Waals surface area contributed by atoms with Gasteiger partial charge >= 0.3 is 0 Å². The molecule has 0 unspecified atom stereocenters. The van der Waals surface area contributed by atoms with Crippen molar-refractivity contribution in [2.75, 3.05) is 7.05 Å². The van der Waals surface area contributed by atoms with E-state index in [9.17, 15) is 4.79 Å². The van der Waals surface area contributed by atoms with Crippen LogP contribution in [0.2, 0.25) is 5.02 Å². The van der Waals surface area contributed by atoms with Crippen LogP contribution < -0.4 is 10.9 Å². The van der Waals surface area contributed by atoms with Gasteiger partial charge in [-0.25, -0.2) is 4.98 Å². The molecule has 2 N–H and O–H groups in total. The molecule has 0 radical (unpaired) electrons. The van der Waals surface area contributed by atoms with Gasteiger partial charge in [-0.05, 0) is 19.2 Å². The van der Waals surface area contributed by atoms with Crippen molar-refractivity contribution in [3.63, 3.8) is 0 Å². The van der Waals surface area contributed by atoms with E-state index in [4.69, 9.17) is 11.6 Å². The smallest absolute Gasteiger partial charge is 0.255 e. The maximum absolute atomic E-state index is 11.7. The van der Waals surface area contributed by atoms with E-state index < -0.39 is 0 Å². The van der Waals surface area contributed by atoms with Crippen molar-refractivity contribution in [3.8, 4) is 11.4 Å². The van der Waals surface area contributed by atoms with Gasteiger partial charge in [-0.2, -0.15) is 0 Å². The van der Waals surface area contributed by atoms with Crippen LogP contribution in [-0.4, -0.2) is 17.0 Å². The molecule has 2 aromatic rings. The van der Waals surface area contributed by atoms with E-state index >= 15 is 0 Å². The third kappa shape index (κ3) is 2.54. The summed E-state index contributed by atoms with van der Waals surface area (Å²) in [5.74, 6) is 0.487. The summed E-state index contributed by atoms with van der Waals surface area (Å²) in [6, 6.07) is 7.26. The number of nitrogens with one attached hydrogen (secondary N) is 2. The molecule has 0 saturated carbocycles. The minimum atomic E-state index is -0.149. The van der Waals surface area contributed by atoms with Crippen molar-refractivity contribution >= 4 is 11.6 Å². The SMILES string of the molecule is CNCc1cnc(-c2ccccc2Cl)[nH]c1=O. The molecule has 0 amide bonds. The van der Waals surface area contributed by atoms with Crippen molar-refractivity contribution in [3.05, 3.63) is 51.4 Å². The molecule has 0 atom stereocenters. The highest BCUT2D eigenvalue weighted by Crippen LogP contribution is 2.23. The Morgan fingerprint density at radius 3 is 2.82 bits per heavy atom. The molecule has 0 aliphatic rings. The monoisotopic (exact) mass is 249 g/mol. The minimum Gasteiger partial charge on any atom is -0.315 e. The molecule has 1 aromatic heterocycles. The number of hydrogen-bond donors (Lipinski definition) is 2. The highest BCUT2D eigenvalue weighted by molar-refractivity contribution is 6.33. The molecular formula is C12H12ClN3O. The summed E-state index contributed by atoms with van der Waals surface area (Å²) < 4.78 is 0. The summed E-state index contributed by atoms with van der Waals surface area (Å²) in [4.78, 5) is 18.7. The van der Waals surface area contributed by atoms with Gasteiger partial charge in [-0.15, -0.1) is 0 Å². The summed E-state index contributed by atoms with van der Waals surface area (Å²) in [7, 11) is 1.78. The zero-order valence-electron chi connectivity index (χ0n) is 9.33. The van der Waals surface area contributed by atoms with Gasteiger partial charge in [-0.3, -0.25) is 4.79 Å². The lowest BCUT2D eigenvalue weighted by Crippen LogP contribution is -2.19. The van der Waals surface area contributed by atoms with Crippen LogP contribution in [0.1, 0.15) is 5.56 Å². The van der Waals surface area contributed by atoms with Crippen LogP contribution in [0, 0.1) is 0 Å². The molecule has 1 aromatic carbocycles. The van der Waals surface area contributed by atoms with Crippen molar-refractivity contribution in [2.24, 2.45) is 0 Å². The topological polar surface area (TPSA) is 57.8 Å². The molecule has 5 heteroatoms. The maximum Gasteiger partial charge on any atom is 0.255 e. The Labute approximate surface area is 104 Å². The van der Waals surface area contributed by atoms with Gasteiger partial charge in [0.25, 0.3) is 5.56 Å². The van der Waals surface area contributed by atoms with Crippen LogP contribution >= 0.6 is 11.6 Å². The number of aromatic amines is 1. The fraction of sp³-hybridized carbons (Fsp3) is 0.167. The number of aromatic nitrogens is 2. The van der Waals surface area contributed by atoms with Crippen molar-refractivity contribution in [2.45, 2.75) is 6.54 Å². The van der Waals surface area contributed by atoms with E-state index in [0.717, 1.165) is 5.56 Å². The fourth-order valence-electron chi connectivity index (χ4n) is 1.53. The van der Waals surface area contributed by atoms with Crippen LogP contribution in [0.15, 0.2) is 35.3 Å². The second-order valence-corrected chi connectivity index (χ2v) is 4.00. The average Bonchev–Trinajstić information content (AvgIpc) is 2.33. The van der Waals surface area contributed by atoms with E-state index in [2.05, 4.69) is 15.3 Å². The highest BCUT2D eigenvalue weighted by atomic mass is 35.5. The largest absolute Gasteiger partial charge is 0.315 e. The summed E-state index contributed by atoms with van der Waals surface area (Å²) >= 11 is 6.04. The number of hydrogen-bond acceptors (Lipinski definition) is 3. The standard InChI is InChI=1S/C12H12ClN3O/c1-14-6-8-7-15-11(16-12(8)17)9-4-2-3-5-10(9)13/h2-5,7,14H,6H2,1H3,(H,15,16,17). The summed E-state index contributed by atoms with van der Waals surface area (Å²) in [6.45, 7) is 0.491. The molecule has 0 aliphatic carbocycles. The number of halogens is 1. The molecule has 1 heterocycles. The van der Waals surface area contributed by atoms with Crippen LogP contribution in [0.4, 0.5) is 0 Å². The lowest BCUT2D eigenvalue weighted by atomic mass is 10.2. The predicted molar refractivity (Wildman–Crippen MR) is 68.1 cm³/mol. The van der Waals surface area contributed by atoms with E-state index in [1.54, 1.807) is 19.3 Å². The third-order valence-corrected chi connectivity index (χ3v) is 2.70. The van der Waals surface area contributed by atoms with Gasteiger partial charge in [0.05, 0.1) is 5.02 Å². The lowest BCUT2D eigenvalue weighted by Gasteiger charge is -2.04. The summed E-state index contributed by atoms with van der Waals surface area (Å²) in [5, 5.41) is 3.48. The van der Waals surface area contributed by atoms with Gasteiger partial charge in [0.2, 0.25) is 0 Å². The molecule has 88 valence electrons. The van der Waals surface area contributed by atoms with Crippen molar-refractivity contribution < 1.29 is 0 Å². The molecule has 0 fully saturated rings. The van der Waals surface area contributed by atoms with Crippen molar-refractivity contribution in [1.82, 2.24) is 15.3 Å². The number of benzene rings is 1. The first-order valence-electron chi connectivity index (χ1n) is 5.20. The first kappa shape index (κ1) is 11.8. The number of rotatable bonds is 3. The molecule has 0 bridgehead atoms. The molecular weight excluding hydrogens is 238 g/mol. The minimum absolute atomic E-state index is 0.149. The Bertz CT molecular complexity index is 580. The Morgan fingerprint density at radius 2 is 2.18 bits per heavy atom. The van der Waals surface area contributed by atoms with Gasteiger partial charge in [0.1, 0.15) is 5.82 Å². The highest BCUT2D eigenvalue weighted by Gasteiger charge is 2.06. The van der Waals surface area contributed by atoms with Crippen molar-refractivity contribution in [1.29, 1.82) is 0 Å². The molecule has 4 nitrogen and oxygen atoms in total. The first-order valence-corrected chi connectivity index (χ1v) is 5.58. The molecule has 0 spiro atoms. The van der Waals surface area contributed by atoms with E-state index in [1.165, 1.54) is 0 Å². The van der Waals surface area contributed by atoms with Gasteiger partial charge < -0.3 is 10.3 Å². The second-order valence-electron chi connectivity index (χ2n) is 3.60. The molecule has 0 saturated heterocycles. The zero-order chi connectivity index (χ0) is 12.3. The summed E-state index contributed by atoms with van der Waals surface area (Å²) in [6.07, 6.45) is 1.56. The Balaban J connectivity index is 2.45. The van der Waals surface area contributed by atoms with E-state index in [-0.39, 0.29) is 5.56 Å². The second kappa shape index (κ2) is 5.12. The lowest BCUT2D eigenvalue weighted by molar-refractivity contribution is 0.798. The Morgan fingerprint density at radius 1 is 1.41 bits per heavy atom. The normalized spacial score (nSPS) is 10.5. The Hall–Kier alpha value is -1.65. The molecule has 17 heavy (non-hydrogen) atoms. The van der Waals surface area contributed by atoms with Gasteiger partial charge in [0, 0.05) is 23.9 Å². The third-order valence-electron chi connectivity index (χ3n) is 2.37. The molecule has 2 rings (SSSR count). The van der Waals surface area contributed by atoms with Crippen LogP contribution in [0.3, 0.4) is 0 Å². The van der Waals surface area contributed by atoms with Crippen LogP contribution in [0.5, 0.6) is 0 Å². The maximum atomic E-state index is 11.7. The van der Waals surface area contributed by atoms with Gasteiger partial charge in [0.15, 0.2) is 0 Å². The average molecular weight is 250 g/mol. The van der Waals surface area contributed by atoms with E-state index in [1.807, 2.05) is 18.2 Å². The zero-order valence-corrected chi connectivity index (χ0v) is 10.1. The van der Waals surface area contributed by atoms with E-state index in [0.29, 0.717) is 23.0 Å². The summed E-state index contributed by atoms with van der Waals surface area (Å²) in [5.41, 5.74) is 1.18. The van der Waals surface area contributed by atoms with Crippen LogP contribution in [0.25, 0.3) is 11.4 Å². The fourth-order valence-corrected chi connectivity index (χ4v) is 1.75.